The largest absolute Gasteiger partial charge is 0.484 e. The third-order valence-corrected chi connectivity index (χ3v) is 2.15. The molecule has 0 aliphatic carbocycles. The van der Waals surface area contributed by atoms with Crippen LogP contribution in [-0.2, 0) is 0 Å². The van der Waals surface area contributed by atoms with Crippen LogP contribution in [0, 0.1) is 0 Å². The molecule has 1 aromatic heterocycles. The molecule has 14 heavy (non-hydrogen) atoms. The Morgan fingerprint density at radius 1 is 1.43 bits per heavy atom. The first-order valence-electron chi connectivity index (χ1n) is 4.76. The molecule has 1 aliphatic rings. The summed E-state index contributed by atoms with van der Waals surface area (Å²) in [5, 5.41) is 9.57. The zero-order chi connectivity index (χ0) is 9.97. The standard InChI is InChI=1S/C10H13NO3/c1-2-8(12)7-3-4-9-10(11-7)14-6-5-13-9/h3-4,8,12H,2,5-6H2,1H3. The Kier molecular flexibility index (Phi) is 2.54. The first-order valence-corrected chi connectivity index (χ1v) is 4.76. The normalized spacial score (nSPS) is 16.4. The third-order valence-electron chi connectivity index (χ3n) is 2.15. The van der Waals surface area contributed by atoms with Crippen LogP contribution in [0.3, 0.4) is 0 Å². The second kappa shape index (κ2) is 3.84. The van der Waals surface area contributed by atoms with E-state index in [1.165, 1.54) is 0 Å². The first kappa shape index (κ1) is 9.27. The predicted octanol–water partition coefficient (Wildman–Crippen LogP) is 1.30. The highest BCUT2D eigenvalue weighted by Gasteiger charge is 2.15. The lowest BCUT2D eigenvalue weighted by molar-refractivity contribution is 0.151. The van der Waals surface area contributed by atoms with Gasteiger partial charge in [-0.15, -0.1) is 0 Å². The molecule has 0 aromatic carbocycles. The number of ether oxygens (including phenoxy) is 2. The fraction of sp³-hybridized carbons (Fsp3) is 0.500. The lowest BCUT2D eigenvalue weighted by Gasteiger charge is -2.18. The van der Waals surface area contributed by atoms with Gasteiger partial charge in [0.2, 0.25) is 0 Å². The molecule has 4 nitrogen and oxygen atoms in total. The number of pyridine rings is 1. The van der Waals surface area contributed by atoms with Crippen LogP contribution in [0.15, 0.2) is 12.1 Å². The Bertz CT molecular complexity index is 327. The van der Waals surface area contributed by atoms with Crippen molar-refractivity contribution in [3.05, 3.63) is 17.8 Å². The van der Waals surface area contributed by atoms with Crippen molar-refractivity contribution < 1.29 is 14.6 Å². The highest BCUT2D eigenvalue weighted by atomic mass is 16.6. The Balaban J connectivity index is 2.29. The molecule has 0 saturated heterocycles. The molecule has 1 aromatic rings. The van der Waals surface area contributed by atoms with Crippen LogP contribution in [0.4, 0.5) is 0 Å². The van der Waals surface area contributed by atoms with Crippen molar-refractivity contribution in [2.24, 2.45) is 0 Å². The van der Waals surface area contributed by atoms with E-state index in [4.69, 9.17) is 9.47 Å². The molecular weight excluding hydrogens is 182 g/mol. The molecule has 0 fully saturated rings. The van der Waals surface area contributed by atoms with Crippen LogP contribution in [0.25, 0.3) is 0 Å². The van der Waals surface area contributed by atoms with E-state index in [0.29, 0.717) is 37.0 Å². The topological polar surface area (TPSA) is 51.6 Å². The van der Waals surface area contributed by atoms with Gasteiger partial charge in [0.05, 0.1) is 11.8 Å². The van der Waals surface area contributed by atoms with Crippen LogP contribution in [0.2, 0.25) is 0 Å². The van der Waals surface area contributed by atoms with Gasteiger partial charge < -0.3 is 14.6 Å². The maximum Gasteiger partial charge on any atom is 0.257 e. The van der Waals surface area contributed by atoms with Gasteiger partial charge in [-0.1, -0.05) is 6.92 Å². The fourth-order valence-electron chi connectivity index (χ4n) is 1.34. The van der Waals surface area contributed by atoms with Crippen LogP contribution >= 0.6 is 0 Å². The Morgan fingerprint density at radius 2 is 2.21 bits per heavy atom. The molecule has 1 N–H and O–H groups in total. The molecule has 0 radical (unpaired) electrons. The molecule has 76 valence electrons. The zero-order valence-corrected chi connectivity index (χ0v) is 8.06. The third kappa shape index (κ3) is 1.65. The number of hydrogen-bond acceptors (Lipinski definition) is 4. The summed E-state index contributed by atoms with van der Waals surface area (Å²) in [5.74, 6) is 1.14. The van der Waals surface area contributed by atoms with Gasteiger partial charge in [0.15, 0.2) is 5.75 Å². The zero-order valence-electron chi connectivity index (χ0n) is 8.06. The summed E-state index contributed by atoms with van der Waals surface area (Å²) in [4.78, 5) is 4.19. The van der Waals surface area contributed by atoms with Crippen LogP contribution in [0.1, 0.15) is 25.1 Å². The molecule has 0 bridgehead atoms. The minimum absolute atomic E-state index is 0.487. The summed E-state index contributed by atoms with van der Waals surface area (Å²) in [6.45, 7) is 2.99. The van der Waals surface area contributed by atoms with Gasteiger partial charge in [0, 0.05) is 0 Å². The van der Waals surface area contributed by atoms with Crippen molar-refractivity contribution in [2.75, 3.05) is 13.2 Å². The summed E-state index contributed by atoms with van der Waals surface area (Å²) in [5.41, 5.74) is 0.636. The van der Waals surface area contributed by atoms with E-state index in [1.807, 2.05) is 6.92 Å². The maximum absolute atomic E-state index is 9.57. The SMILES string of the molecule is CCC(O)c1ccc2c(n1)OCCO2. The molecule has 0 amide bonds. The van der Waals surface area contributed by atoms with Gasteiger partial charge in [-0.2, -0.15) is 0 Å². The molecule has 0 saturated carbocycles. The number of nitrogens with zero attached hydrogens (tertiary/aromatic N) is 1. The molecule has 2 rings (SSSR count). The first-order chi connectivity index (χ1) is 6.81. The molecule has 4 heteroatoms. The second-order valence-electron chi connectivity index (χ2n) is 3.16. The van der Waals surface area contributed by atoms with Gasteiger partial charge in [0.1, 0.15) is 13.2 Å². The average molecular weight is 195 g/mol. The average Bonchev–Trinajstić information content (AvgIpc) is 2.27. The number of fused-ring (bicyclic) bond motifs is 1. The summed E-state index contributed by atoms with van der Waals surface area (Å²) in [6, 6.07) is 3.55. The molecule has 1 unspecified atom stereocenters. The van der Waals surface area contributed by atoms with Gasteiger partial charge in [-0.25, -0.2) is 4.98 Å². The van der Waals surface area contributed by atoms with Crippen molar-refractivity contribution in [3.8, 4) is 11.6 Å². The van der Waals surface area contributed by atoms with E-state index >= 15 is 0 Å². The van der Waals surface area contributed by atoms with E-state index in [1.54, 1.807) is 12.1 Å². The summed E-state index contributed by atoms with van der Waals surface area (Å²) < 4.78 is 10.6. The lowest BCUT2D eigenvalue weighted by atomic mass is 10.2. The summed E-state index contributed by atoms with van der Waals surface area (Å²) in [6.07, 6.45) is 0.123. The Labute approximate surface area is 82.5 Å². The number of aliphatic hydroxyl groups is 1. The summed E-state index contributed by atoms with van der Waals surface area (Å²) in [7, 11) is 0. The van der Waals surface area contributed by atoms with Gasteiger partial charge >= 0.3 is 0 Å². The smallest absolute Gasteiger partial charge is 0.257 e. The van der Waals surface area contributed by atoms with Crippen LogP contribution < -0.4 is 9.47 Å². The van der Waals surface area contributed by atoms with Crippen molar-refractivity contribution in [1.82, 2.24) is 4.98 Å². The number of hydrogen-bond donors (Lipinski definition) is 1. The number of aliphatic hydroxyl groups excluding tert-OH is 1. The van der Waals surface area contributed by atoms with E-state index in [2.05, 4.69) is 4.98 Å². The molecule has 1 aliphatic heterocycles. The van der Waals surface area contributed by atoms with Gasteiger partial charge in [-0.3, -0.25) is 0 Å². The van der Waals surface area contributed by atoms with Crippen LogP contribution in [-0.4, -0.2) is 23.3 Å². The highest BCUT2D eigenvalue weighted by Crippen LogP contribution is 2.29. The predicted molar refractivity (Wildman–Crippen MR) is 50.5 cm³/mol. The monoisotopic (exact) mass is 195 g/mol. The van der Waals surface area contributed by atoms with Crippen molar-refractivity contribution >= 4 is 0 Å². The molecule has 1 atom stereocenters. The summed E-state index contributed by atoms with van der Waals surface area (Å²) >= 11 is 0. The van der Waals surface area contributed by atoms with Gasteiger partial charge in [-0.05, 0) is 18.6 Å². The van der Waals surface area contributed by atoms with E-state index < -0.39 is 6.10 Å². The maximum atomic E-state index is 9.57. The van der Waals surface area contributed by atoms with E-state index in [9.17, 15) is 5.11 Å². The van der Waals surface area contributed by atoms with E-state index in [-0.39, 0.29) is 0 Å². The highest BCUT2D eigenvalue weighted by molar-refractivity contribution is 5.36. The van der Waals surface area contributed by atoms with Crippen LogP contribution in [0.5, 0.6) is 11.6 Å². The Hall–Kier alpha value is -1.29. The molecule has 0 spiro atoms. The minimum Gasteiger partial charge on any atom is -0.484 e. The van der Waals surface area contributed by atoms with Crippen molar-refractivity contribution in [3.63, 3.8) is 0 Å². The van der Waals surface area contributed by atoms with Crippen molar-refractivity contribution in [1.29, 1.82) is 0 Å². The Morgan fingerprint density at radius 3 is 3.00 bits per heavy atom. The lowest BCUT2D eigenvalue weighted by Crippen LogP contribution is -2.17. The number of rotatable bonds is 2. The number of aromatic nitrogens is 1. The molecular formula is C10H13NO3. The fourth-order valence-corrected chi connectivity index (χ4v) is 1.34. The quantitative estimate of drug-likeness (QED) is 0.772. The van der Waals surface area contributed by atoms with Gasteiger partial charge in [0.25, 0.3) is 5.88 Å². The molecule has 2 heterocycles. The van der Waals surface area contributed by atoms with Crippen molar-refractivity contribution in [2.45, 2.75) is 19.4 Å². The van der Waals surface area contributed by atoms with E-state index in [0.717, 1.165) is 0 Å². The second-order valence-corrected chi connectivity index (χ2v) is 3.16. The minimum atomic E-state index is -0.522.